The lowest BCUT2D eigenvalue weighted by Gasteiger charge is -2.09. The van der Waals surface area contributed by atoms with E-state index in [4.69, 9.17) is 4.74 Å². The van der Waals surface area contributed by atoms with E-state index in [1.54, 1.807) is 12.1 Å². The van der Waals surface area contributed by atoms with E-state index in [9.17, 15) is 4.79 Å². The maximum atomic E-state index is 12.4. The van der Waals surface area contributed by atoms with Crippen molar-refractivity contribution in [3.8, 4) is 5.75 Å². The van der Waals surface area contributed by atoms with E-state index in [-0.39, 0.29) is 5.78 Å². The van der Waals surface area contributed by atoms with Crippen LogP contribution < -0.4 is 4.74 Å². The van der Waals surface area contributed by atoms with Gasteiger partial charge in [-0.2, -0.15) is 0 Å². The zero-order valence-electron chi connectivity index (χ0n) is 12.8. The first-order valence-corrected chi connectivity index (χ1v) is 7.67. The Hall–Kier alpha value is -2.87. The molecule has 3 rings (SSSR count). The molecule has 0 unspecified atom stereocenters. The molecular weight excluding hydrogens is 284 g/mol. The topological polar surface area (TPSA) is 26.3 Å². The predicted molar refractivity (Wildman–Crippen MR) is 92.5 cm³/mol. The fourth-order valence-electron chi connectivity index (χ4n) is 2.39. The highest BCUT2D eigenvalue weighted by Gasteiger charge is 2.10. The standard InChI is InChI=1S/C21H18O2/c22-20(15-14-17-8-4-5-9-17)19-12-6-7-13-21(19)23-16-18-10-2-1-3-11-18/h1-8,10-15H,9,16H2. The zero-order chi connectivity index (χ0) is 15.9. The molecule has 0 heterocycles. The van der Waals surface area contributed by atoms with Crippen LogP contribution in [0.25, 0.3) is 0 Å². The highest BCUT2D eigenvalue weighted by atomic mass is 16.5. The molecule has 2 heteroatoms. The molecule has 0 saturated carbocycles. The van der Waals surface area contributed by atoms with Crippen molar-refractivity contribution in [2.45, 2.75) is 13.0 Å². The lowest BCUT2D eigenvalue weighted by atomic mass is 10.1. The van der Waals surface area contributed by atoms with E-state index in [0.717, 1.165) is 17.6 Å². The number of hydrogen-bond acceptors (Lipinski definition) is 2. The maximum Gasteiger partial charge on any atom is 0.189 e. The van der Waals surface area contributed by atoms with E-state index >= 15 is 0 Å². The van der Waals surface area contributed by atoms with E-state index in [2.05, 4.69) is 6.08 Å². The van der Waals surface area contributed by atoms with Crippen molar-refractivity contribution in [1.29, 1.82) is 0 Å². The van der Waals surface area contributed by atoms with Crippen molar-refractivity contribution >= 4 is 5.78 Å². The van der Waals surface area contributed by atoms with Crippen LogP contribution in [-0.4, -0.2) is 5.78 Å². The van der Waals surface area contributed by atoms with E-state index in [1.807, 2.05) is 66.8 Å². The van der Waals surface area contributed by atoms with Crippen molar-refractivity contribution < 1.29 is 9.53 Å². The van der Waals surface area contributed by atoms with Gasteiger partial charge in [-0.05, 0) is 35.8 Å². The molecule has 0 aromatic heterocycles. The average Bonchev–Trinajstić information content (AvgIpc) is 3.12. The van der Waals surface area contributed by atoms with Crippen molar-refractivity contribution in [3.63, 3.8) is 0 Å². The summed E-state index contributed by atoms with van der Waals surface area (Å²) in [5, 5.41) is 0. The molecule has 2 aromatic rings. The number of hydrogen-bond donors (Lipinski definition) is 0. The third-order valence-corrected chi connectivity index (χ3v) is 3.64. The first-order valence-electron chi connectivity index (χ1n) is 7.67. The van der Waals surface area contributed by atoms with Gasteiger partial charge in [0.05, 0.1) is 5.56 Å². The smallest absolute Gasteiger partial charge is 0.189 e. The minimum atomic E-state index is -0.0403. The summed E-state index contributed by atoms with van der Waals surface area (Å²) >= 11 is 0. The van der Waals surface area contributed by atoms with Crippen LogP contribution in [0.4, 0.5) is 0 Å². The van der Waals surface area contributed by atoms with Crippen LogP contribution in [0, 0.1) is 0 Å². The molecule has 1 aliphatic carbocycles. The normalized spacial score (nSPS) is 13.3. The minimum absolute atomic E-state index is 0.0403. The first kappa shape index (κ1) is 15.0. The number of carbonyl (C=O) groups is 1. The minimum Gasteiger partial charge on any atom is -0.488 e. The van der Waals surface area contributed by atoms with Crippen molar-refractivity contribution in [3.05, 3.63) is 102 Å². The molecule has 0 aliphatic heterocycles. The summed E-state index contributed by atoms with van der Waals surface area (Å²) in [4.78, 5) is 12.4. The lowest BCUT2D eigenvalue weighted by molar-refractivity contribution is 0.104. The van der Waals surface area contributed by atoms with Gasteiger partial charge in [0.1, 0.15) is 12.4 Å². The molecule has 23 heavy (non-hydrogen) atoms. The van der Waals surface area contributed by atoms with Crippen LogP contribution in [0.15, 0.2) is 90.6 Å². The van der Waals surface area contributed by atoms with Gasteiger partial charge in [-0.1, -0.05) is 66.8 Å². The first-order chi connectivity index (χ1) is 11.3. The Balaban J connectivity index is 1.71. The average molecular weight is 302 g/mol. The number of allylic oxidation sites excluding steroid dienone is 6. The number of ether oxygens (including phenoxy) is 1. The van der Waals surface area contributed by atoms with Crippen molar-refractivity contribution in [2.24, 2.45) is 0 Å². The molecule has 0 fully saturated rings. The third-order valence-electron chi connectivity index (χ3n) is 3.64. The summed E-state index contributed by atoms with van der Waals surface area (Å²) in [7, 11) is 0. The molecule has 0 atom stereocenters. The second-order valence-corrected chi connectivity index (χ2v) is 5.34. The largest absolute Gasteiger partial charge is 0.488 e. The van der Waals surface area contributed by atoms with E-state index in [1.165, 1.54) is 0 Å². The summed E-state index contributed by atoms with van der Waals surface area (Å²) < 4.78 is 5.83. The highest BCUT2D eigenvalue weighted by Crippen LogP contribution is 2.21. The number of para-hydroxylation sites is 1. The van der Waals surface area contributed by atoms with Gasteiger partial charge in [0.15, 0.2) is 5.78 Å². The van der Waals surface area contributed by atoms with Crippen molar-refractivity contribution in [1.82, 2.24) is 0 Å². The SMILES string of the molecule is O=C(C=CC1=CC=CC1)c1ccccc1OCc1ccccc1. The number of carbonyl (C=O) groups excluding carboxylic acids is 1. The highest BCUT2D eigenvalue weighted by molar-refractivity contribution is 6.06. The molecule has 0 amide bonds. The summed E-state index contributed by atoms with van der Waals surface area (Å²) in [6.45, 7) is 0.448. The fraction of sp³-hybridized carbons (Fsp3) is 0.0952. The fourth-order valence-corrected chi connectivity index (χ4v) is 2.39. The van der Waals surface area contributed by atoms with Gasteiger partial charge in [-0.25, -0.2) is 0 Å². The van der Waals surface area contributed by atoms with Crippen LogP contribution in [-0.2, 0) is 6.61 Å². The zero-order valence-corrected chi connectivity index (χ0v) is 12.8. The molecule has 1 aliphatic rings. The molecule has 0 saturated heterocycles. The van der Waals surface area contributed by atoms with Crippen LogP contribution in [0.2, 0.25) is 0 Å². The second-order valence-electron chi connectivity index (χ2n) is 5.34. The van der Waals surface area contributed by atoms with E-state index < -0.39 is 0 Å². The monoisotopic (exact) mass is 302 g/mol. The quantitative estimate of drug-likeness (QED) is 0.561. The van der Waals surface area contributed by atoms with Gasteiger partial charge in [0, 0.05) is 0 Å². The maximum absolute atomic E-state index is 12.4. The molecule has 2 aromatic carbocycles. The van der Waals surface area contributed by atoms with Crippen LogP contribution in [0.5, 0.6) is 5.75 Å². The van der Waals surface area contributed by atoms with Gasteiger partial charge >= 0.3 is 0 Å². The van der Waals surface area contributed by atoms with Gasteiger partial charge in [0.2, 0.25) is 0 Å². The third kappa shape index (κ3) is 4.07. The van der Waals surface area contributed by atoms with Gasteiger partial charge in [-0.3, -0.25) is 4.79 Å². The summed E-state index contributed by atoms with van der Waals surface area (Å²) in [5.41, 5.74) is 2.81. The summed E-state index contributed by atoms with van der Waals surface area (Å²) in [5.74, 6) is 0.575. The summed E-state index contributed by atoms with van der Waals surface area (Å²) in [6, 6.07) is 17.3. The number of ketones is 1. The Labute approximate surface area is 136 Å². The summed E-state index contributed by atoms with van der Waals surface area (Å²) in [6.07, 6.45) is 10.5. The Kier molecular flexibility index (Phi) is 4.85. The lowest BCUT2D eigenvalue weighted by Crippen LogP contribution is -2.02. The Bertz CT molecular complexity index is 767. The molecule has 0 radical (unpaired) electrons. The van der Waals surface area contributed by atoms with Crippen LogP contribution in [0.1, 0.15) is 22.3 Å². The number of benzene rings is 2. The Morgan fingerprint density at radius 3 is 2.61 bits per heavy atom. The molecule has 0 bridgehead atoms. The number of rotatable bonds is 6. The molecule has 0 N–H and O–H groups in total. The van der Waals surface area contributed by atoms with E-state index in [0.29, 0.717) is 17.9 Å². The Morgan fingerprint density at radius 2 is 1.83 bits per heavy atom. The molecule has 2 nitrogen and oxygen atoms in total. The van der Waals surface area contributed by atoms with Crippen LogP contribution >= 0.6 is 0 Å². The molecule has 114 valence electrons. The Morgan fingerprint density at radius 1 is 1.04 bits per heavy atom. The molecular formula is C21H18O2. The predicted octanol–water partition coefficient (Wildman–Crippen LogP) is 4.89. The second kappa shape index (κ2) is 7.41. The van der Waals surface area contributed by atoms with Gasteiger partial charge in [-0.15, -0.1) is 0 Å². The van der Waals surface area contributed by atoms with Crippen LogP contribution in [0.3, 0.4) is 0 Å². The van der Waals surface area contributed by atoms with Crippen molar-refractivity contribution in [2.75, 3.05) is 0 Å². The van der Waals surface area contributed by atoms with Gasteiger partial charge in [0.25, 0.3) is 0 Å². The molecule has 0 spiro atoms. The van der Waals surface area contributed by atoms with Gasteiger partial charge < -0.3 is 4.74 Å².